The number of halogens is 1. The predicted molar refractivity (Wildman–Crippen MR) is 274 cm³/mol. The number of carbonyl (C=O) groups excluding carboxylic acids is 5. The van der Waals surface area contributed by atoms with Gasteiger partial charge in [-0.1, -0.05) is 173 Å². The molecule has 2 N–H and O–H groups in total. The van der Waals surface area contributed by atoms with Crippen molar-refractivity contribution in [1.82, 2.24) is 15.2 Å². The zero-order chi connectivity index (χ0) is 49.6. The maximum atomic E-state index is 14.7. The lowest BCUT2D eigenvalue weighted by Gasteiger charge is -2.50. The molecule has 70 heavy (non-hydrogen) atoms. The number of esters is 2. The third-order valence-corrected chi connectivity index (χ3v) is 14.3. The van der Waals surface area contributed by atoms with Crippen LogP contribution in [0.25, 0.3) is 0 Å². The van der Waals surface area contributed by atoms with Gasteiger partial charge in [-0.05, 0) is 68.0 Å². The van der Waals surface area contributed by atoms with Gasteiger partial charge in [0.15, 0.2) is 16.9 Å². The van der Waals surface area contributed by atoms with E-state index in [4.69, 9.17) is 19.3 Å². The topological polar surface area (TPSA) is 166 Å². The highest BCUT2D eigenvalue weighted by molar-refractivity contribution is 9.10. The number of ether oxygens (including phenoxy) is 2. The van der Waals surface area contributed by atoms with E-state index in [-0.39, 0.29) is 22.9 Å². The van der Waals surface area contributed by atoms with E-state index in [0.29, 0.717) is 28.1 Å². The summed E-state index contributed by atoms with van der Waals surface area (Å²) in [6, 6.07) is 47.0. The average molecular weight is 1040 g/mol. The molecule has 6 aromatic rings. The van der Waals surface area contributed by atoms with Crippen molar-refractivity contribution in [3.05, 3.63) is 202 Å². The maximum Gasteiger partial charge on any atom is 0.356 e. The van der Waals surface area contributed by atoms with Crippen LogP contribution in [0.3, 0.4) is 0 Å². The van der Waals surface area contributed by atoms with Crippen LogP contribution in [0.5, 0.6) is 0 Å². The summed E-state index contributed by atoms with van der Waals surface area (Å²) in [4.78, 5) is 80.2. The van der Waals surface area contributed by atoms with Crippen molar-refractivity contribution in [2.45, 2.75) is 73.7 Å². The molecule has 0 radical (unpaired) electrons. The summed E-state index contributed by atoms with van der Waals surface area (Å²) in [6.07, 6.45) is -0.200. The smallest absolute Gasteiger partial charge is 0.356 e. The van der Waals surface area contributed by atoms with E-state index in [9.17, 15) is 24.0 Å². The number of aldehydes is 1. The largest absolute Gasteiger partial charge is 0.457 e. The number of thioether (sulfide) groups is 1. The number of alkyl halides is 1. The molecule has 1 saturated heterocycles. The Labute approximate surface area is 422 Å². The van der Waals surface area contributed by atoms with E-state index in [2.05, 4.69) is 31.7 Å². The second-order valence-electron chi connectivity index (χ2n) is 17.9. The minimum absolute atomic E-state index is 0.0837. The number of oxime groups is 1. The van der Waals surface area contributed by atoms with Crippen LogP contribution in [0.15, 0.2) is 173 Å². The number of carbonyl (C=O) groups is 5. The number of rotatable bonds is 17. The van der Waals surface area contributed by atoms with Gasteiger partial charge in [-0.15, -0.1) is 23.1 Å². The summed E-state index contributed by atoms with van der Waals surface area (Å²) in [5, 5.41) is 12.1. The summed E-state index contributed by atoms with van der Waals surface area (Å²) in [6.45, 7) is 8.10. The van der Waals surface area contributed by atoms with Crippen LogP contribution in [0.4, 0.5) is 5.13 Å². The molecule has 3 atom stereocenters. The quantitative estimate of drug-likeness (QED) is 0.0170. The molecule has 8 rings (SSSR count). The summed E-state index contributed by atoms with van der Waals surface area (Å²) in [5.74, 6) is -2.85. The molecular weight excluding hydrogens is 991 g/mol. The Kier molecular flexibility index (Phi) is 14.9. The Balaban J connectivity index is 1.12. The summed E-state index contributed by atoms with van der Waals surface area (Å²) >= 11 is 5.88. The van der Waals surface area contributed by atoms with Crippen molar-refractivity contribution in [3.8, 4) is 0 Å². The SMILES string of the molecule is CC(C)(C)OC(=O)C(C)(C)ON=C(C(=O)NC1C(=O)N2C(C(=O)OC(c3ccccc3)c3ccccc3)=C(C(Br)C=O)CSC12)c1csc(NC(c2ccccc2)(c2ccccc2)c2ccccc2)n1. The van der Waals surface area contributed by atoms with Crippen molar-refractivity contribution < 1.29 is 38.3 Å². The monoisotopic (exact) mass is 1040 g/mol. The Hall–Kier alpha value is -6.88. The molecule has 0 spiro atoms. The minimum atomic E-state index is -1.67. The first-order valence-electron chi connectivity index (χ1n) is 22.4. The molecule has 0 aliphatic carbocycles. The van der Waals surface area contributed by atoms with Gasteiger partial charge in [-0.25, -0.2) is 14.6 Å². The number of β-lactam (4-membered cyclic amide) rings is 1. The molecule has 2 aliphatic rings. The summed E-state index contributed by atoms with van der Waals surface area (Å²) in [7, 11) is 0. The number of thiazole rings is 1. The molecule has 3 heterocycles. The molecule has 358 valence electrons. The molecule has 3 unspecified atom stereocenters. The fraction of sp³-hybridized carbons (Fsp3) is 0.241. The van der Waals surface area contributed by atoms with Gasteiger partial charge in [0, 0.05) is 11.1 Å². The Morgan fingerprint density at radius 2 is 1.29 bits per heavy atom. The van der Waals surface area contributed by atoms with Crippen LogP contribution in [0.2, 0.25) is 0 Å². The zero-order valence-electron chi connectivity index (χ0n) is 38.9. The van der Waals surface area contributed by atoms with Crippen LogP contribution in [-0.4, -0.2) is 78.8 Å². The Morgan fingerprint density at radius 3 is 1.77 bits per heavy atom. The third-order valence-electron chi connectivity index (χ3n) is 11.5. The number of nitrogens with zero attached hydrogens (tertiary/aromatic N) is 3. The number of benzene rings is 5. The number of aromatic nitrogens is 1. The van der Waals surface area contributed by atoms with E-state index in [1.807, 2.05) is 152 Å². The molecule has 16 heteroatoms. The number of fused-ring (bicyclic) bond motifs is 1. The molecule has 5 aromatic carbocycles. The third kappa shape index (κ3) is 10.5. The first kappa shape index (κ1) is 49.5. The predicted octanol–water partition coefficient (Wildman–Crippen LogP) is 9.34. The van der Waals surface area contributed by atoms with Gasteiger partial charge < -0.3 is 29.7 Å². The lowest BCUT2D eigenvalue weighted by molar-refractivity contribution is -0.179. The fourth-order valence-corrected chi connectivity index (χ4v) is 10.8. The highest BCUT2D eigenvalue weighted by Crippen LogP contribution is 2.44. The van der Waals surface area contributed by atoms with E-state index < -0.39 is 62.8 Å². The molecule has 1 fully saturated rings. The molecule has 1 aromatic heterocycles. The second kappa shape index (κ2) is 21.0. The van der Waals surface area contributed by atoms with Crippen LogP contribution in [-0.2, 0) is 43.8 Å². The molecule has 0 bridgehead atoms. The van der Waals surface area contributed by atoms with E-state index in [1.54, 1.807) is 26.2 Å². The van der Waals surface area contributed by atoms with Crippen molar-refractivity contribution in [2.75, 3.05) is 11.1 Å². The molecule has 2 amide bonds. The van der Waals surface area contributed by atoms with Gasteiger partial charge in [0.2, 0.25) is 5.60 Å². The van der Waals surface area contributed by atoms with Crippen LogP contribution < -0.4 is 10.6 Å². The summed E-state index contributed by atoms with van der Waals surface area (Å²) in [5.41, 5.74) is 0.708. The van der Waals surface area contributed by atoms with Gasteiger partial charge in [-0.3, -0.25) is 14.5 Å². The lowest BCUT2D eigenvalue weighted by Crippen LogP contribution is -2.71. The number of anilines is 1. The molecule has 0 saturated carbocycles. The van der Waals surface area contributed by atoms with Crippen LogP contribution in [0.1, 0.15) is 74.2 Å². The summed E-state index contributed by atoms with van der Waals surface area (Å²) < 4.78 is 11.8. The standard InChI is InChI=1S/C54H50BrN5O8S2/c1-52(2,3)67-50(65)53(4,5)68-59-42(41-33-70-51(56-41)58-54(36-25-15-8-16-26-36,37-27-17-9-18-28-37)38-29-19-10-20-30-38)46(62)57-43-47(63)60-44(39(40(55)31-61)32-69-48(43)60)49(64)66-45(34-21-11-6-12-22-34)35-23-13-7-14-24-35/h6-31,33,40,43,45,48H,32H2,1-5H3,(H,56,58)(H,57,62). The van der Waals surface area contributed by atoms with Gasteiger partial charge in [0.25, 0.3) is 11.8 Å². The van der Waals surface area contributed by atoms with Crippen LogP contribution in [0, 0.1) is 0 Å². The Bertz CT molecular complexity index is 2780. The minimum Gasteiger partial charge on any atom is -0.457 e. The second-order valence-corrected chi connectivity index (χ2v) is 20.9. The number of amides is 2. The highest BCUT2D eigenvalue weighted by Gasteiger charge is 2.55. The van der Waals surface area contributed by atoms with Gasteiger partial charge in [-0.2, -0.15) is 0 Å². The number of hydrogen-bond donors (Lipinski definition) is 2. The number of nitrogens with one attached hydrogen (secondary N) is 2. The van der Waals surface area contributed by atoms with Gasteiger partial charge in [0.1, 0.15) is 40.2 Å². The van der Waals surface area contributed by atoms with Crippen LogP contribution >= 0.6 is 39.0 Å². The molecule has 13 nitrogen and oxygen atoms in total. The lowest BCUT2D eigenvalue weighted by atomic mass is 9.77. The van der Waals surface area contributed by atoms with E-state index in [1.165, 1.54) is 41.8 Å². The van der Waals surface area contributed by atoms with Gasteiger partial charge >= 0.3 is 11.9 Å². The first-order valence-corrected chi connectivity index (χ1v) is 25.2. The van der Waals surface area contributed by atoms with E-state index >= 15 is 0 Å². The Morgan fingerprint density at radius 1 is 0.786 bits per heavy atom. The maximum absolute atomic E-state index is 14.7. The highest BCUT2D eigenvalue weighted by atomic mass is 79.9. The number of hydrogen-bond acceptors (Lipinski definition) is 13. The fourth-order valence-electron chi connectivity index (χ4n) is 8.07. The zero-order valence-corrected chi connectivity index (χ0v) is 42.1. The van der Waals surface area contributed by atoms with Crippen molar-refractivity contribution >= 4 is 79.9 Å². The van der Waals surface area contributed by atoms with Gasteiger partial charge in [0.05, 0.1) is 4.83 Å². The van der Waals surface area contributed by atoms with Crippen molar-refractivity contribution in [3.63, 3.8) is 0 Å². The molecule has 2 aliphatic heterocycles. The normalized spacial score (nSPS) is 16.6. The average Bonchev–Trinajstić information content (AvgIpc) is 3.84. The van der Waals surface area contributed by atoms with Crippen molar-refractivity contribution in [2.24, 2.45) is 5.16 Å². The molecular formula is C54H50BrN5O8S2. The first-order chi connectivity index (χ1) is 33.6. The van der Waals surface area contributed by atoms with Crippen molar-refractivity contribution in [1.29, 1.82) is 0 Å². The van der Waals surface area contributed by atoms with E-state index in [0.717, 1.165) is 16.7 Å².